The normalized spacial score (nSPS) is 18.0. The number of hydrogen-bond donors (Lipinski definition) is 0. The van der Waals surface area contributed by atoms with E-state index in [1.807, 2.05) is 0 Å². The molecule has 0 spiro atoms. The summed E-state index contributed by atoms with van der Waals surface area (Å²) >= 11 is 1.50. The van der Waals surface area contributed by atoms with Gasteiger partial charge in [0.05, 0.1) is 4.90 Å². The summed E-state index contributed by atoms with van der Waals surface area (Å²) in [6, 6.07) is 9.27. The summed E-state index contributed by atoms with van der Waals surface area (Å²) in [5.41, 5.74) is 0.714. The van der Waals surface area contributed by atoms with E-state index in [0.29, 0.717) is 36.4 Å². The fourth-order valence-electron chi connectivity index (χ4n) is 3.15. The van der Waals surface area contributed by atoms with Crippen molar-refractivity contribution in [2.75, 3.05) is 32.9 Å². The van der Waals surface area contributed by atoms with Crippen LogP contribution in [0.4, 0.5) is 8.78 Å². The number of halogens is 2. The van der Waals surface area contributed by atoms with Crippen molar-refractivity contribution >= 4 is 27.7 Å². The van der Waals surface area contributed by atoms with Crippen molar-refractivity contribution in [1.82, 2.24) is 9.21 Å². The zero-order valence-electron chi connectivity index (χ0n) is 16.1. The van der Waals surface area contributed by atoms with Crippen molar-refractivity contribution in [2.45, 2.75) is 16.6 Å². The van der Waals surface area contributed by atoms with Gasteiger partial charge in [0.2, 0.25) is 10.0 Å². The molecular weight excluding hydrogens is 418 g/mol. The number of carbonyl (C=O) groups excluding carboxylic acids is 1. The van der Waals surface area contributed by atoms with Crippen LogP contribution in [0, 0.1) is 11.6 Å². The summed E-state index contributed by atoms with van der Waals surface area (Å²) in [7, 11) is -0.665. The molecule has 3 rings (SSSR count). The van der Waals surface area contributed by atoms with Crippen LogP contribution in [-0.2, 0) is 10.0 Å². The summed E-state index contributed by atoms with van der Waals surface area (Å²) in [6.45, 7) is 0.888. The molecule has 1 heterocycles. The van der Waals surface area contributed by atoms with E-state index in [1.165, 1.54) is 56.2 Å². The molecule has 1 aliphatic heterocycles. The third kappa shape index (κ3) is 4.79. The van der Waals surface area contributed by atoms with E-state index in [9.17, 15) is 22.0 Å². The van der Waals surface area contributed by atoms with Crippen LogP contribution in [0.3, 0.4) is 0 Å². The second kappa shape index (κ2) is 8.81. The molecule has 1 atom stereocenters. The molecular formula is C20H22F2N2O3S2. The molecule has 29 heavy (non-hydrogen) atoms. The monoisotopic (exact) mass is 440 g/mol. The second-order valence-electron chi connectivity index (χ2n) is 6.92. The molecule has 0 radical (unpaired) electrons. The highest BCUT2D eigenvalue weighted by Gasteiger charge is 2.25. The van der Waals surface area contributed by atoms with Crippen molar-refractivity contribution < 1.29 is 22.0 Å². The molecule has 1 saturated heterocycles. The average molecular weight is 441 g/mol. The van der Waals surface area contributed by atoms with E-state index in [4.69, 9.17) is 0 Å². The summed E-state index contributed by atoms with van der Waals surface area (Å²) in [6.07, 6.45) is 0.504. The number of hydrogen-bond acceptors (Lipinski definition) is 4. The van der Waals surface area contributed by atoms with Crippen LogP contribution in [-0.4, -0.2) is 56.5 Å². The summed E-state index contributed by atoms with van der Waals surface area (Å²) < 4.78 is 53.0. The van der Waals surface area contributed by atoms with Crippen LogP contribution in [0.5, 0.6) is 0 Å². The first-order valence-electron chi connectivity index (χ1n) is 9.08. The molecule has 0 aromatic heterocycles. The Hall–Kier alpha value is -1.97. The number of rotatable bonds is 4. The molecule has 2 aromatic carbocycles. The van der Waals surface area contributed by atoms with Crippen LogP contribution < -0.4 is 0 Å². The maximum Gasteiger partial charge on any atom is 0.253 e. The van der Waals surface area contributed by atoms with Crippen molar-refractivity contribution in [3.8, 4) is 0 Å². The summed E-state index contributed by atoms with van der Waals surface area (Å²) in [5.74, 6) is -0.535. The molecule has 2 aromatic rings. The predicted octanol–water partition coefficient (Wildman–Crippen LogP) is 3.54. The van der Waals surface area contributed by atoms with Gasteiger partial charge in [-0.05, 0) is 48.9 Å². The lowest BCUT2D eigenvalue weighted by Gasteiger charge is -2.21. The molecule has 1 fully saturated rings. The molecule has 0 aliphatic carbocycles. The molecule has 156 valence electrons. The van der Waals surface area contributed by atoms with Crippen LogP contribution >= 0.6 is 11.8 Å². The Kier molecular flexibility index (Phi) is 6.60. The minimum Gasteiger partial charge on any atom is -0.338 e. The average Bonchev–Trinajstić information content (AvgIpc) is 2.95. The lowest BCUT2D eigenvalue weighted by Crippen LogP contribution is -2.33. The first-order chi connectivity index (χ1) is 13.7. The SMILES string of the molecule is CN(C)S(=O)(=O)c1ccc(C(=O)N2CCS[C@H](c3cc(F)ccc3F)CC2)cc1. The van der Waals surface area contributed by atoms with E-state index in [1.54, 1.807) is 4.90 Å². The van der Waals surface area contributed by atoms with Gasteiger partial charge in [-0.15, -0.1) is 0 Å². The number of amides is 1. The Balaban J connectivity index is 1.72. The van der Waals surface area contributed by atoms with Crippen LogP contribution in [0.25, 0.3) is 0 Å². The summed E-state index contributed by atoms with van der Waals surface area (Å²) in [4.78, 5) is 14.6. The zero-order chi connectivity index (χ0) is 21.2. The topological polar surface area (TPSA) is 57.7 Å². The van der Waals surface area contributed by atoms with Crippen molar-refractivity contribution in [1.29, 1.82) is 0 Å². The van der Waals surface area contributed by atoms with Crippen LogP contribution in [0.2, 0.25) is 0 Å². The number of carbonyl (C=O) groups is 1. The van der Waals surface area contributed by atoms with Gasteiger partial charge in [0.15, 0.2) is 0 Å². The lowest BCUT2D eigenvalue weighted by molar-refractivity contribution is 0.0766. The maximum absolute atomic E-state index is 14.1. The third-order valence-electron chi connectivity index (χ3n) is 4.81. The highest BCUT2D eigenvalue weighted by Crippen LogP contribution is 2.36. The number of benzene rings is 2. The Morgan fingerprint density at radius 3 is 2.45 bits per heavy atom. The Morgan fingerprint density at radius 2 is 1.79 bits per heavy atom. The quantitative estimate of drug-likeness (QED) is 0.730. The fourth-order valence-corrected chi connectivity index (χ4v) is 5.29. The number of sulfonamides is 1. The molecule has 0 unspecified atom stereocenters. The van der Waals surface area contributed by atoms with Crippen LogP contribution in [0.15, 0.2) is 47.4 Å². The third-order valence-corrected chi connectivity index (χ3v) is 7.95. The second-order valence-corrected chi connectivity index (χ2v) is 10.4. The minimum atomic E-state index is -3.56. The number of nitrogens with zero attached hydrogens (tertiary/aromatic N) is 2. The van der Waals surface area contributed by atoms with Gasteiger partial charge in [0, 0.05) is 49.3 Å². The maximum atomic E-state index is 14.1. The van der Waals surface area contributed by atoms with Gasteiger partial charge in [-0.3, -0.25) is 4.79 Å². The van der Waals surface area contributed by atoms with E-state index >= 15 is 0 Å². The summed E-state index contributed by atoms with van der Waals surface area (Å²) in [5, 5.41) is -0.226. The van der Waals surface area contributed by atoms with Gasteiger partial charge in [0.1, 0.15) is 11.6 Å². The molecule has 5 nitrogen and oxygen atoms in total. The molecule has 9 heteroatoms. The van der Waals surface area contributed by atoms with E-state index < -0.39 is 21.7 Å². The zero-order valence-corrected chi connectivity index (χ0v) is 17.8. The predicted molar refractivity (Wildman–Crippen MR) is 109 cm³/mol. The molecule has 0 N–H and O–H groups in total. The molecule has 0 saturated carbocycles. The highest BCUT2D eigenvalue weighted by molar-refractivity contribution is 7.99. The smallest absolute Gasteiger partial charge is 0.253 e. The molecule has 1 amide bonds. The van der Waals surface area contributed by atoms with Gasteiger partial charge in [-0.2, -0.15) is 11.8 Å². The largest absolute Gasteiger partial charge is 0.338 e. The van der Waals surface area contributed by atoms with Crippen LogP contribution in [0.1, 0.15) is 27.6 Å². The Morgan fingerprint density at radius 1 is 1.10 bits per heavy atom. The van der Waals surface area contributed by atoms with Gasteiger partial charge in [-0.1, -0.05) is 0 Å². The molecule has 1 aliphatic rings. The highest BCUT2D eigenvalue weighted by atomic mass is 32.2. The van der Waals surface area contributed by atoms with Crippen molar-refractivity contribution in [3.05, 3.63) is 65.2 Å². The van der Waals surface area contributed by atoms with Gasteiger partial charge < -0.3 is 4.90 Å². The Bertz CT molecular complexity index is 995. The standard InChI is InChI=1S/C20H22F2N2O3S2/c1-23(2)29(26,27)16-6-3-14(4-7-16)20(25)24-10-9-19(28-12-11-24)17-13-15(21)5-8-18(17)22/h3-8,13,19H,9-12H2,1-2H3/t19-/m0/s1. The fraction of sp³-hybridized carbons (Fsp3) is 0.350. The van der Waals surface area contributed by atoms with Gasteiger partial charge >= 0.3 is 0 Å². The van der Waals surface area contributed by atoms with Gasteiger partial charge in [0.25, 0.3) is 5.91 Å². The Labute approximate surface area is 173 Å². The first-order valence-corrected chi connectivity index (χ1v) is 11.6. The lowest BCUT2D eigenvalue weighted by atomic mass is 10.1. The molecule has 0 bridgehead atoms. The van der Waals surface area contributed by atoms with Crippen molar-refractivity contribution in [2.24, 2.45) is 0 Å². The first kappa shape index (κ1) is 21.7. The van der Waals surface area contributed by atoms with E-state index in [2.05, 4.69) is 0 Å². The van der Waals surface area contributed by atoms with E-state index in [-0.39, 0.29) is 16.1 Å². The van der Waals surface area contributed by atoms with Gasteiger partial charge in [-0.25, -0.2) is 21.5 Å². The van der Waals surface area contributed by atoms with E-state index in [0.717, 1.165) is 16.4 Å². The van der Waals surface area contributed by atoms with Crippen molar-refractivity contribution in [3.63, 3.8) is 0 Å². The minimum absolute atomic E-state index is 0.118. The number of thioether (sulfide) groups is 1.